The van der Waals surface area contributed by atoms with Crippen LogP contribution in [-0.4, -0.2) is 25.4 Å². The summed E-state index contributed by atoms with van der Waals surface area (Å²) in [7, 11) is 0. The number of rotatable bonds is 7. The summed E-state index contributed by atoms with van der Waals surface area (Å²) < 4.78 is 46.4. The van der Waals surface area contributed by atoms with Gasteiger partial charge in [-0.2, -0.15) is 8.78 Å². The molecule has 0 aliphatic rings. The minimum Gasteiger partial charge on any atom is -0.466 e. The van der Waals surface area contributed by atoms with Crippen LogP contribution < -0.4 is 4.74 Å². The Bertz CT molecular complexity index is 421. The van der Waals surface area contributed by atoms with Crippen molar-refractivity contribution >= 4 is 5.97 Å². The molecule has 0 aliphatic heterocycles. The van der Waals surface area contributed by atoms with E-state index in [1.165, 1.54) is 18.2 Å². The second-order valence-electron chi connectivity index (χ2n) is 3.83. The first-order valence-corrected chi connectivity index (χ1v) is 5.84. The van der Waals surface area contributed by atoms with Crippen LogP contribution in [0.3, 0.4) is 0 Å². The van der Waals surface area contributed by atoms with Crippen molar-refractivity contribution in [1.29, 1.82) is 0 Å². The molecule has 0 radical (unpaired) electrons. The molecule has 0 spiro atoms. The van der Waals surface area contributed by atoms with Crippen molar-refractivity contribution in [2.24, 2.45) is 0 Å². The highest BCUT2D eigenvalue weighted by molar-refractivity contribution is 5.69. The Kier molecular flexibility index (Phi) is 5.66. The van der Waals surface area contributed by atoms with Gasteiger partial charge in [-0.05, 0) is 31.0 Å². The highest BCUT2D eigenvalue weighted by Gasteiger charge is 2.31. The van der Waals surface area contributed by atoms with Gasteiger partial charge in [0.05, 0.1) is 6.61 Å². The molecular weight excluding hydrogens is 261 g/mol. The first kappa shape index (κ1) is 15.3. The lowest BCUT2D eigenvalue weighted by Crippen LogP contribution is -2.27. The number of ether oxygens (including phenoxy) is 2. The monoisotopic (exact) mass is 276 g/mol. The second kappa shape index (κ2) is 7.01. The maximum atomic E-state index is 12.7. The van der Waals surface area contributed by atoms with E-state index in [0.717, 1.165) is 0 Å². The zero-order valence-electron chi connectivity index (χ0n) is 10.5. The maximum Gasteiger partial charge on any atom is 0.427 e. The standard InChI is InChI=1S/C13H15F3O3/c1-2-18-12(17)7-6-10-4-3-5-11(8-10)19-13(15,16)9-14/h3-5,8H,2,6-7,9H2,1H3. The van der Waals surface area contributed by atoms with Gasteiger partial charge in [-0.15, -0.1) is 0 Å². The molecule has 0 aliphatic carbocycles. The van der Waals surface area contributed by atoms with E-state index in [4.69, 9.17) is 4.74 Å². The minimum atomic E-state index is -3.83. The van der Waals surface area contributed by atoms with Crippen molar-refractivity contribution in [3.8, 4) is 5.75 Å². The molecule has 0 unspecified atom stereocenters. The predicted octanol–water partition coefficient (Wildman–Crippen LogP) is 3.12. The van der Waals surface area contributed by atoms with Crippen LogP contribution in [0, 0.1) is 0 Å². The Hall–Kier alpha value is -1.72. The second-order valence-corrected chi connectivity index (χ2v) is 3.83. The Morgan fingerprint density at radius 2 is 2.11 bits per heavy atom. The highest BCUT2D eigenvalue weighted by atomic mass is 19.3. The van der Waals surface area contributed by atoms with E-state index in [1.54, 1.807) is 13.0 Å². The number of aryl methyl sites for hydroxylation is 1. The normalized spacial score (nSPS) is 11.2. The van der Waals surface area contributed by atoms with Crippen molar-refractivity contribution in [3.63, 3.8) is 0 Å². The number of benzene rings is 1. The third-order valence-electron chi connectivity index (χ3n) is 2.24. The van der Waals surface area contributed by atoms with Crippen molar-refractivity contribution in [2.75, 3.05) is 13.3 Å². The molecule has 0 fully saturated rings. The number of carbonyl (C=O) groups excluding carboxylic acids is 1. The zero-order valence-corrected chi connectivity index (χ0v) is 10.5. The van der Waals surface area contributed by atoms with Crippen LogP contribution in [0.15, 0.2) is 24.3 Å². The van der Waals surface area contributed by atoms with E-state index in [-0.39, 0.29) is 18.1 Å². The highest BCUT2D eigenvalue weighted by Crippen LogP contribution is 2.23. The summed E-state index contributed by atoms with van der Waals surface area (Å²) in [5.74, 6) is -0.494. The van der Waals surface area contributed by atoms with E-state index in [0.29, 0.717) is 18.6 Å². The number of alkyl halides is 3. The number of esters is 1. The van der Waals surface area contributed by atoms with Gasteiger partial charge >= 0.3 is 12.1 Å². The summed E-state index contributed by atoms with van der Waals surface area (Å²) in [6, 6.07) is 5.82. The van der Waals surface area contributed by atoms with E-state index >= 15 is 0 Å². The lowest BCUT2D eigenvalue weighted by atomic mass is 10.1. The fraction of sp³-hybridized carbons (Fsp3) is 0.462. The Morgan fingerprint density at radius 3 is 2.74 bits per heavy atom. The van der Waals surface area contributed by atoms with Crippen molar-refractivity contribution in [3.05, 3.63) is 29.8 Å². The summed E-state index contributed by atoms with van der Waals surface area (Å²) in [6.07, 6.45) is -3.34. The summed E-state index contributed by atoms with van der Waals surface area (Å²) in [5, 5.41) is 0. The van der Waals surface area contributed by atoms with Crippen molar-refractivity contribution in [1.82, 2.24) is 0 Å². The van der Waals surface area contributed by atoms with Crippen molar-refractivity contribution in [2.45, 2.75) is 25.9 Å². The molecule has 19 heavy (non-hydrogen) atoms. The molecule has 0 N–H and O–H groups in total. The maximum absolute atomic E-state index is 12.7. The lowest BCUT2D eigenvalue weighted by Gasteiger charge is -2.14. The van der Waals surface area contributed by atoms with Gasteiger partial charge in [-0.3, -0.25) is 4.79 Å². The molecule has 0 heterocycles. The van der Waals surface area contributed by atoms with Crippen LogP contribution in [0.4, 0.5) is 13.2 Å². The number of hydrogen-bond donors (Lipinski definition) is 0. The molecule has 0 aromatic heterocycles. The average molecular weight is 276 g/mol. The molecule has 106 valence electrons. The molecule has 6 heteroatoms. The summed E-state index contributed by atoms with van der Waals surface area (Å²) in [4.78, 5) is 11.2. The third-order valence-corrected chi connectivity index (χ3v) is 2.24. The Labute approximate surface area is 109 Å². The summed E-state index contributed by atoms with van der Waals surface area (Å²) in [5.41, 5.74) is 0.639. The quantitative estimate of drug-likeness (QED) is 0.718. The van der Waals surface area contributed by atoms with Gasteiger partial charge in [-0.1, -0.05) is 12.1 Å². The first-order valence-electron chi connectivity index (χ1n) is 5.84. The largest absolute Gasteiger partial charge is 0.466 e. The van der Waals surface area contributed by atoms with Crippen molar-refractivity contribution < 1.29 is 27.4 Å². The van der Waals surface area contributed by atoms with Gasteiger partial charge in [0.1, 0.15) is 5.75 Å². The van der Waals surface area contributed by atoms with E-state index in [9.17, 15) is 18.0 Å². The van der Waals surface area contributed by atoms with Gasteiger partial charge in [0.15, 0.2) is 6.67 Å². The predicted molar refractivity (Wildman–Crippen MR) is 62.9 cm³/mol. The zero-order chi connectivity index (χ0) is 14.3. The first-order chi connectivity index (χ1) is 8.96. The van der Waals surface area contributed by atoms with Crippen LogP contribution >= 0.6 is 0 Å². The fourth-order valence-electron chi connectivity index (χ4n) is 1.44. The number of carbonyl (C=O) groups is 1. The molecule has 0 amide bonds. The molecule has 0 saturated heterocycles. The van der Waals surface area contributed by atoms with Crippen LogP contribution in [-0.2, 0) is 16.0 Å². The van der Waals surface area contributed by atoms with Crippen LogP contribution in [0.25, 0.3) is 0 Å². The van der Waals surface area contributed by atoms with E-state index in [2.05, 4.69) is 4.74 Å². The molecule has 1 aromatic carbocycles. The summed E-state index contributed by atoms with van der Waals surface area (Å²) in [6.45, 7) is 0.107. The van der Waals surface area contributed by atoms with Gasteiger partial charge in [0.25, 0.3) is 0 Å². The Morgan fingerprint density at radius 1 is 1.37 bits per heavy atom. The minimum absolute atomic E-state index is 0.135. The van der Waals surface area contributed by atoms with Gasteiger partial charge < -0.3 is 9.47 Å². The topological polar surface area (TPSA) is 35.5 Å². The molecule has 0 bridgehead atoms. The fourth-order valence-corrected chi connectivity index (χ4v) is 1.44. The number of halogens is 3. The average Bonchev–Trinajstić information content (AvgIpc) is 2.37. The molecule has 0 saturated carbocycles. The smallest absolute Gasteiger partial charge is 0.427 e. The molecule has 1 rings (SSSR count). The molecule has 1 aromatic rings. The summed E-state index contributed by atoms with van der Waals surface area (Å²) >= 11 is 0. The van der Waals surface area contributed by atoms with Gasteiger partial charge in [0, 0.05) is 6.42 Å². The third kappa shape index (κ3) is 5.63. The Balaban J connectivity index is 2.59. The van der Waals surface area contributed by atoms with Gasteiger partial charge in [0.2, 0.25) is 0 Å². The lowest BCUT2D eigenvalue weighted by molar-refractivity contribution is -0.186. The van der Waals surface area contributed by atoms with E-state index in [1.807, 2.05) is 0 Å². The van der Waals surface area contributed by atoms with E-state index < -0.39 is 12.8 Å². The van der Waals surface area contributed by atoms with Crippen LogP contribution in [0.1, 0.15) is 18.9 Å². The molecule has 0 atom stereocenters. The molecular formula is C13H15F3O3. The SMILES string of the molecule is CCOC(=O)CCc1cccc(OC(F)(F)CF)c1. The van der Waals surface area contributed by atoms with Gasteiger partial charge in [-0.25, -0.2) is 4.39 Å². The molecule has 3 nitrogen and oxygen atoms in total. The van der Waals surface area contributed by atoms with Crippen LogP contribution in [0.2, 0.25) is 0 Å². The number of hydrogen-bond acceptors (Lipinski definition) is 3. The van der Waals surface area contributed by atoms with Crippen LogP contribution in [0.5, 0.6) is 5.75 Å².